The number of benzene rings is 9. The lowest BCUT2D eigenvalue weighted by Gasteiger charge is -2.27. The summed E-state index contributed by atoms with van der Waals surface area (Å²) in [6.07, 6.45) is -0.0872. The van der Waals surface area contributed by atoms with Gasteiger partial charge in [0.15, 0.2) is 0 Å². The van der Waals surface area contributed by atoms with E-state index in [0.717, 1.165) is 78.4 Å². The summed E-state index contributed by atoms with van der Waals surface area (Å²) in [5.41, 5.74) is 13.3. The van der Waals surface area contributed by atoms with Crippen molar-refractivity contribution in [3.05, 3.63) is 224 Å². The number of nitrogens with one attached hydrogen (secondary N) is 1. The van der Waals surface area contributed by atoms with Gasteiger partial charge in [-0.05, 0) is 94.2 Å². The van der Waals surface area contributed by atoms with Crippen LogP contribution < -0.4 is 15.1 Å². The molecule has 1 aliphatic rings. The minimum atomic E-state index is -0.0872. The molecule has 11 rings (SSSR count). The number of fused-ring (bicyclic) bond motifs is 6. The van der Waals surface area contributed by atoms with E-state index < -0.39 is 0 Å². The first kappa shape index (κ1) is 33.6. The van der Waals surface area contributed by atoms with Crippen LogP contribution in [0, 0.1) is 0 Å². The van der Waals surface area contributed by atoms with Gasteiger partial charge >= 0.3 is 0 Å². The van der Waals surface area contributed by atoms with E-state index in [0.29, 0.717) is 0 Å². The maximum atomic E-state index is 5.50. The summed E-state index contributed by atoms with van der Waals surface area (Å²) in [7, 11) is 0. The van der Waals surface area contributed by atoms with Gasteiger partial charge in [-0.2, -0.15) is 0 Å². The predicted molar refractivity (Wildman–Crippen MR) is 244 cm³/mol. The first-order valence-electron chi connectivity index (χ1n) is 19.8. The Balaban J connectivity index is 0.995. The van der Waals surface area contributed by atoms with Crippen LogP contribution in [0.1, 0.15) is 11.7 Å². The van der Waals surface area contributed by atoms with Gasteiger partial charge in [-0.3, -0.25) is 0 Å². The standard InChI is InChI=1S/C54H38N4/c1-4-15-42(16-5-1)57(43-17-6-2-7-18-43)45-32-28-38(29-33-45)37-24-26-40(27-25-37)53-48-35-30-39-14-10-11-21-46(39)52(48)47-34-31-41(36-50(47)55-53)54-56-49-22-12-13-23-51(49)58(54)44-19-8-3-9-20-44/h1-36,54,56H. The zero-order chi connectivity index (χ0) is 38.4. The first-order valence-corrected chi connectivity index (χ1v) is 19.8. The third-order valence-electron chi connectivity index (χ3n) is 11.4. The summed E-state index contributed by atoms with van der Waals surface area (Å²) < 4.78 is 0. The van der Waals surface area contributed by atoms with Gasteiger partial charge in [0.2, 0.25) is 0 Å². The van der Waals surface area contributed by atoms with Crippen LogP contribution in [0.25, 0.3) is 54.8 Å². The highest BCUT2D eigenvalue weighted by atomic mass is 15.3. The zero-order valence-corrected chi connectivity index (χ0v) is 31.7. The van der Waals surface area contributed by atoms with Gasteiger partial charge in [0.05, 0.1) is 22.6 Å². The fourth-order valence-corrected chi connectivity index (χ4v) is 8.67. The molecule has 0 fully saturated rings. The minimum Gasteiger partial charge on any atom is -0.359 e. The van der Waals surface area contributed by atoms with E-state index in [1.807, 2.05) is 0 Å². The Morgan fingerprint density at radius 1 is 0.448 bits per heavy atom. The average molecular weight is 743 g/mol. The summed E-state index contributed by atoms with van der Waals surface area (Å²) in [4.78, 5) is 10.2. The summed E-state index contributed by atoms with van der Waals surface area (Å²) in [5, 5.41) is 9.80. The van der Waals surface area contributed by atoms with Crippen molar-refractivity contribution in [1.29, 1.82) is 0 Å². The second-order valence-electron chi connectivity index (χ2n) is 14.8. The molecule has 1 atom stereocenters. The number of hydrogen-bond acceptors (Lipinski definition) is 4. The monoisotopic (exact) mass is 742 g/mol. The SMILES string of the molecule is c1ccc(N(c2ccccc2)c2ccc(-c3ccc(-c4nc5cc(C6Nc7ccccc7N6c6ccccc6)ccc5c5c4ccc4ccccc45)cc3)cc2)cc1. The minimum absolute atomic E-state index is 0.0872. The van der Waals surface area contributed by atoms with Gasteiger partial charge in [0.1, 0.15) is 6.17 Å². The van der Waals surface area contributed by atoms with E-state index in [1.54, 1.807) is 0 Å². The van der Waals surface area contributed by atoms with Crippen LogP contribution in [0.4, 0.5) is 34.1 Å². The Hall–Kier alpha value is -7.69. The Morgan fingerprint density at radius 3 is 1.74 bits per heavy atom. The third kappa shape index (κ3) is 5.82. The molecule has 0 saturated carbocycles. The van der Waals surface area contributed by atoms with Crippen molar-refractivity contribution >= 4 is 66.6 Å². The molecule has 2 heterocycles. The van der Waals surface area contributed by atoms with Crippen LogP contribution in [-0.4, -0.2) is 4.98 Å². The lowest BCUT2D eigenvalue weighted by Crippen LogP contribution is -2.23. The number of nitrogens with zero attached hydrogens (tertiary/aromatic N) is 3. The van der Waals surface area contributed by atoms with Crippen LogP contribution in [0.5, 0.6) is 0 Å². The zero-order valence-electron chi connectivity index (χ0n) is 31.7. The topological polar surface area (TPSA) is 31.4 Å². The molecule has 1 N–H and O–H groups in total. The van der Waals surface area contributed by atoms with Crippen molar-refractivity contribution in [3.63, 3.8) is 0 Å². The first-order chi connectivity index (χ1) is 28.8. The van der Waals surface area contributed by atoms with Gasteiger partial charge in [-0.15, -0.1) is 0 Å². The maximum absolute atomic E-state index is 5.50. The van der Waals surface area contributed by atoms with Gasteiger partial charge in [0, 0.05) is 44.5 Å². The quantitative estimate of drug-likeness (QED) is 0.165. The number of aromatic nitrogens is 1. The van der Waals surface area contributed by atoms with E-state index >= 15 is 0 Å². The second-order valence-corrected chi connectivity index (χ2v) is 14.8. The highest BCUT2D eigenvalue weighted by molar-refractivity contribution is 6.22. The number of anilines is 6. The van der Waals surface area contributed by atoms with Crippen molar-refractivity contribution in [2.75, 3.05) is 15.1 Å². The fourth-order valence-electron chi connectivity index (χ4n) is 8.67. The molecule has 4 nitrogen and oxygen atoms in total. The molecule has 0 aliphatic carbocycles. The average Bonchev–Trinajstić information content (AvgIpc) is 3.70. The molecule has 274 valence electrons. The number of hydrogen-bond donors (Lipinski definition) is 1. The van der Waals surface area contributed by atoms with Crippen molar-refractivity contribution in [3.8, 4) is 22.4 Å². The molecule has 1 unspecified atom stereocenters. The number of rotatable bonds is 7. The third-order valence-corrected chi connectivity index (χ3v) is 11.4. The summed E-state index contributed by atoms with van der Waals surface area (Å²) in [6, 6.07) is 78.0. The molecule has 9 aromatic carbocycles. The Morgan fingerprint density at radius 2 is 1.02 bits per heavy atom. The smallest absolute Gasteiger partial charge is 0.130 e. The van der Waals surface area contributed by atoms with Gasteiger partial charge in [-0.25, -0.2) is 4.98 Å². The van der Waals surface area contributed by atoms with Crippen LogP contribution in [-0.2, 0) is 0 Å². The predicted octanol–water partition coefficient (Wildman–Crippen LogP) is 14.6. The molecule has 0 radical (unpaired) electrons. The van der Waals surface area contributed by atoms with Crippen molar-refractivity contribution < 1.29 is 0 Å². The van der Waals surface area contributed by atoms with Gasteiger partial charge in [-0.1, -0.05) is 152 Å². The second kappa shape index (κ2) is 14.1. The van der Waals surface area contributed by atoms with Crippen LogP contribution in [0.15, 0.2) is 218 Å². The number of para-hydroxylation sites is 5. The lowest BCUT2D eigenvalue weighted by molar-refractivity contribution is 0.829. The van der Waals surface area contributed by atoms with Gasteiger partial charge in [0.25, 0.3) is 0 Å². The largest absolute Gasteiger partial charge is 0.359 e. The summed E-state index contributed by atoms with van der Waals surface area (Å²) in [5.74, 6) is 0. The van der Waals surface area contributed by atoms with Crippen molar-refractivity contribution in [2.45, 2.75) is 6.17 Å². The summed E-state index contributed by atoms with van der Waals surface area (Å²) >= 11 is 0. The fraction of sp³-hybridized carbons (Fsp3) is 0.0185. The number of pyridine rings is 1. The molecule has 0 bridgehead atoms. The normalized spacial score (nSPS) is 13.4. The molecule has 0 spiro atoms. The molecular weight excluding hydrogens is 705 g/mol. The van der Waals surface area contributed by atoms with E-state index in [2.05, 4.69) is 234 Å². The molecule has 0 amide bonds. The van der Waals surface area contributed by atoms with E-state index in [-0.39, 0.29) is 6.17 Å². The molecule has 4 heteroatoms. The maximum Gasteiger partial charge on any atom is 0.130 e. The van der Waals surface area contributed by atoms with Crippen molar-refractivity contribution in [2.24, 2.45) is 0 Å². The Labute approximate surface area is 337 Å². The molecule has 0 saturated heterocycles. The molecule has 58 heavy (non-hydrogen) atoms. The van der Waals surface area contributed by atoms with E-state index in [4.69, 9.17) is 4.98 Å². The Kier molecular flexibility index (Phi) is 8.18. The van der Waals surface area contributed by atoms with Crippen molar-refractivity contribution in [1.82, 2.24) is 4.98 Å². The van der Waals surface area contributed by atoms with Gasteiger partial charge < -0.3 is 15.1 Å². The van der Waals surface area contributed by atoms with Crippen LogP contribution in [0.2, 0.25) is 0 Å². The highest BCUT2D eigenvalue weighted by Gasteiger charge is 2.31. The van der Waals surface area contributed by atoms with E-state index in [9.17, 15) is 0 Å². The Bertz CT molecular complexity index is 3030. The molecule has 1 aromatic heterocycles. The summed E-state index contributed by atoms with van der Waals surface area (Å²) in [6.45, 7) is 0. The van der Waals surface area contributed by atoms with Crippen LogP contribution >= 0.6 is 0 Å². The van der Waals surface area contributed by atoms with Crippen LogP contribution in [0.3, 0.4) is 0 Å². The molecule has 10 aromatic rings. The highest BCUT2D eigenvalue weighted by Crippen LogP contribution is 2.47. The molecular formula is C54H38N4. The lowest BCUT2D eigenvalue weighted by atomic mass is 9.94. The van der Waals surface area contributed by atoms with E-state index in [1.165, 1.54) is 16.2 Å². The molecule has 1 aliphatic heterocycles.